The Morgan fingerprint density at radius 3 is 2.69 bits per heavy atom. The Bertz CT molecular complexity index is 1200. The Balaban J connectivity index is 0.00000204. The first-order valence-corrected chi connectivity index (χ1v) is 12.8. The zero-order chi connectivity index (χ0) is 22.7. The molecule has 7 nitrogen and oxygen atoms in total. The summed E-state index contributed by atoms with van der Waals surface area (Å²) in [6.45, 7) is 5.52. The van der Waals surface area contributed by atoms with Gasteiger partial charge in [0.1, 0.15) is 0 Å². The summed E-state index contributed by atoms with van der Waals surface area (Å²) in [4.78, 5) is 18.7. The molecule has 4 rings (SSSR count). The first-order valence-electron chi connectivity index (χ1n) is 10.5. The van der Waals surface area contributed by atoms with E-state index in [4.69, 9.17) is 0 Å². The van der Waals surface area contributed by atoms with E-state index in [1.165, 1.54) is 46.4 Å². The van der Waals surface area contributed by atoms with E-state index >= 15 is 0 Å². The molecule has 0 saturated carbocycles. The second-order valence-corrected chi connectivity index (χ2v) is 10.5. The van der Waals surface area contributed by atoms with E-state index in [-0.39, 0.29) is 19.7 Å². The van der Waals surface area contributed by atoms with Gasteiger partial charge in [-0.15, -0.1) is 11.3 Å². The predicted molar refractivity (Wildman–Crippen MR) is 132 cm³/mol. The third-order valence-electron chi connectivity index (χ3n) is 5.61. The Labute approximate surface area is 195 Å². The number of aromatic nitrogens is 1. The van der Waals surface area contributed by atoms with Gasteiger partial charge in [-0.3, -0.25) is 9.52 Å². The lowest BCUT2D eigenvalue weighted by Crippen LogP contribution is -2.39. The van der Waals surface area contributed by atoms with Crippen molar-refractivity contribution < 1.29 is 16.1 Å². The zero-order valence-corrected chi connectivity index (χ0v) is 19.7. The normalized spacial score (nSPS) is 16.5. The molecule has 1 aromatic heterocycles. The van der Waals surface area contributed by atoms with Crippen LogP contribution in [0.2, 0.25) is 0 Å². The summed E-state index contributed by atoms with van der Waals surface area (Å²) in [5.41, 5.74) is 4.49. The van der Waals surface area contributed by atoms with Crippen LogP contribution in [0.1, 0.15) is 26.0 Å². The SMILES string of the molecule is Cc1ccc(C)c(CCN[C@H]2CCN(c3ccc(S(=O)(=O)Nc4nccs4)cc3)C2=O)c1.[HH].[HH]. The van der Waals surface area contributed by atoms with Crippen LogP contribution in [0.5, 0.6) is 0 Å². The standard InChI is InChI=1S/C23H26N4O3S2.2H2/c1-16-3-4-17(2)18(15-16)9-11-24-21-10-13-27(22(21)28)19-5-7-20(8-6-19)32(29,30)26-23-25-12-14-31-23;;/h3-8,12,14-15,21,24H,9-11,13H2,1-2H3,(H,25,26);2*1H/t21-;;/m0../s1. The molecule has 172 valence electrons. The number of anilines is 2. The molecule has 32 heavy (non-hydrogen) atoms. The molecule has 1 aliphatic rings. The number of benzene rings is 2. The van der Waals surface area contributed by atoms with Gasteiger partial charge in [0, 0.05) is 26.7 Å². The third kappa shape index (κ3) is 5.01. The molecule has 1 atom stereocenters. The maximum absolute atomic E-state index is 12.9. The van der Waals surface area contributed by atoms with Gasteiger partial charge in [-0.05, 0) is 68.6 Å². The van der Waals surface area contributed by atoms with Crippen LogP contribution in [0.25, 0.3) is 0 Å². The van der Waals surface area contributed by atoms with Crippen molar-refractivity contribution in [3.63, 3.8) is 0 Å². The largest absolute Gasteiger partial charge is 0.311 e. The minimum Gasteiger partial charge on any atom is -0.311 e. The van der Waals surface area contributed by atoms with Gasteiger partial charge in [0.2, 0.25) is 5.91 Å². The van der Waals surface area contributed by atoms with Crippen molar-refractivity contribution in [2.24, 2.45) is 0 Å². The van der Waals surface area contributed by atoms with E-state index in [9.17, 15) is 13.2 Å². The number of thiazole rings is 1. The summed E-state index contributed by atoms with van der Waals surface area (Å²) in [5, 5.41) is 5.40. The Hall–Kier alpha value is -2.75. The minimum absolute atomic E-state index is 0. The molecule has 9 heteroatoms. The average molecular weight is 475 g/mol. The van der Waals surface area contributed by atoms with Crippen molar-refractivity contribution in [3.05, 3.63) is 70.7 Å². The van der Waals surface area contributed by atoms with E-state index in [1.54, 1.807) is 22.4 Å². The highest BCUT2D eigenvalue weighted by Crippen LogP contribution is 2.25. The number of carbonyl (C=O) groups excluding carboxylic acids is 1. The highest BCUT2D eigenvalue weighted by Gasteiger charge is 2.32. The van der Waals surface area contributed by atoms with E-state index in [0.29, 0.717) is 17.4 Å². The summed E-state index contributed by atoms with van der Waals surface area (Å²) >= 11 is 1.21. The minimum atomic E-state index is -3.71. The van der Waals surface area contributed by atoms with Gasteiger partial charge in [-0.2, -0.15) is 0 Å². The van der Waals surface area contributed by atoms with Crippen LogP contribution in [-0.4, -0.2) is 38.4 Å². The summed E-state index contributed by atoms with van der Waals surface area (Å²) in [7, 11) is -3.71. The van der Waals surface area contributed by atoms with Gasteiger partial charge in [0.25, 0.3) is 10.0 Å². The van der Waals surface area contributed by atoms with Crippen LogP contribution in [-0.2, 0) is 21.2 Å². The molecule has 3 aromatic rings. The number of carbonyl (C=O) groups is 1. The number of nitrogens with zero attached hydrogens (tertiary/aromatic N) is 2. The molecular formula is C23H30N4O3S2. The van der Waals surface area contributed by atoms with E-state index in [0.717, 1.165) is 19.4 Å². The molecule has 1 aliphatic heterocycles. The van der Waals surface area contributed by atoms with Crippen LogP contribution in [0.3, 0.4) is 0 Å². The van der Waals surface area contributed by atoms with Gasteiger partial charge in [-0.25, -0.2) is 13.4 Å². The van der Waals surface area contributed by atoms with Crippen LogP contribution >= 0.6 is 11.3 Å². The molecular weight excluding hydrogens is 444 g/mol. The predicted octanol–water partition coefficient (Wildman–Crippen LogP) is 3.99. The topological polar surface area (TPSA) is 91.4 Å². The molecule has 2 heterocycles. The highest BCUT2D eigenvalue weighted by molar-refractivity contribution is 7.93. The number of amides is 1. The first-order chi connectivity index (χ1) is 15.3. The lowest BCUT2D eigenvalue weighted by atomic mass is 10.0. The van der Waals surface area contributed by atoms with Crippen molar-refractivity contribution in [1.29, 1.82) is 0 Å². The molecule has 0 radical (unpaired) electrons. The number of aryl methyl sites for hydroxylation is 2. The van der Waals surface area contributed by atoms with Crippen LogP contribution in [0.15, 0.2) is 58.9 Å². The fourth-order valence-corrected chi connectivity index (χ4v) is 5.62. The molecule has 0 bridgehead atoms. The number of hydrogen-bond donors (Lipinski definition) is 2. The fraction of sp³-hybridized carbons (Fsp3) is 0.304. The zero-order valence-electron chi connectivity index (χ0n) is 18.0. The molecule has 0 spiro atoms. The second-order valence-electron chi connectivity index (χ2n) is 7.90. The van der Waals surface area contributed by atoms with Crippen molar-refractivity contribution in [1.82, 2.24) is 10.3 Å². The van der Waals surface area contributed by atoms with Gasteiger partial charge < -0.3 is 10.2 Å². The van der Waals surface area contributed by atoms with E-state index in [2.05, 4.69) is 47.1 Å². The van der Waals surface area contributed by atoms with Crippen LogP contribution in [0, 0.1) is 13.8 Å². The van der Waals surface area contributed by atoms with Crippen molar-refractivity contribution >= 4 is 38.1 Å². The summed E-state index contributed by atoms with van der Waals surface area (Å²) < 4.78 is 27.4. The quantitative estimate of drug-likeness (QED) is 0.515. The molecule has 2 aromatic carbocycles. The van der Waals surface area contributed by atoms with Gasteiger partial charge in [-0.1, -0.05) is 23.8 Å². The number of nitrogens with one attached hydrogen (secondary N) is 2. The monoisotopic (exact) mass is 474 g/mol. The summed E-state index contributed by atoms with van der Waals surface area (Å²) in [6.07, 6.45) is 3.13. The average Bonchev–Trinajstić information content (AvgIpc) is 3.40. The maximum atomic E-state index is 12.9. The Morgan fingerprint density at radius 1 is 1.19 bits per heavy atom. The fourth-order valence-electron chi connectivity index (χ4n) is 3.83. The maximum Gasteiger partial charge on any atom is 0.263 e. The lowest BCUT2D eigenvalue weighted by Gasteiger charge is -2.18. The molecule has 0 aliphatic carbocycles. The van der Waals surface area contributed by atoms with E-state index in [1.807, 2.05) is 0 Å². The smallest absolute Gasteiger partial charge is 0.263 e. The summed E-state index contributed by atoms with van der Waals surface area (Å²) in [5.74, 6) is 0.0162. The number of hydrogen-bond acceptors (Lipinski definition) is 6. The first kappa shape index (κ1) is 22.4. The second kappa shape index (κ2) is 9.40. The lowest BCUT2D eigenvalue weighted by molar-refractivity contribution is -0.118. The molecule has 1 saturated heterocycles. The van der Waals surface area contributed by atoms with E-state index < -0.39 is 10.0 Å². The van der Waals surface area contributed by atoms with Crippen molar-refractivity contribution in [2.75, 3.05) is 22.7 Å². The van der Waals surface area contributed by atoms with Crippen LogP contribution < -0.4 is 14.9 Å². The van der Waals surface area contributed by atoms with Crippen LogP contribution in [0.4, 0.5) is 10.8 Å². The molecule has 0 unspecified atom stereocenters. The number of sulfonamides is 1. The number of rotatable bonds is 8. The highest BCUT2D eigenvalue weighted by atomic mass is 32.2. The summed E-state index contributed by atoms with van der Waals surface area (Å²) in [6, 6.07) is 12.6. The van der Waals surface area contributed by atoms with Gasteiger partial charge >= 0.3 is 0 Å². The third-order valence-corrected chi connectivity index (χ3v) is 7.78. The van der Waals surface area contributed by atoms with Crippen molar-refractivity contribution in [3.8, 4) is 0 Å². The Morgan fingerprint density at radius 2 is 1.97 bits per heavy atom. The molecule has 1 fully saturated rings. The molecule has 1 amide bonds. The molecule has 2 N–H and O–H groups in total. The van der Waals surface area contributed by atoms with Crippen molar-refractivity contribution in [2.45, 2.75) is 37.6 Å². The van der Waals surface area contributed by atoms with Gasteiger partial charge in [0.15, 0.2) is 5.13 Å². The Kier molecular flexibility index (Phi) is 6.59. The van der Waals surface area contributed by atoms with Gasteiger partial charge in [0.05, 0.1) is 10.9 Å².